The van der Waals surface area contributed by atoms with Gasteiger partial charge >= 0.3 is 0 Å². The number of pyridine rings is 1. The van der Waals surface area contributed by atoms with Crippen LogP contribution in [0.4, 0.5) is 10.2 Å². The number of allylic oxidation sites excluding steroid dienone is 2. The van der Waals surface area contributed by atoms with E-state index < -0.39 is 5.82 Å². The topological polar surface area (TPSA) is 57.0 Å². The molecule has 1 aromatic carbocycles. The van der Waals surface area contributed by atoms with Crippen molar-refractivity contribution in [2.24, 2.45) is 0 Å². The molecule has 4 nitrogen and oxygen atoms in total. The fraction of sp³-hybridized carbons (Fsp3) is 0.286. The fourth-order valence-electron chi connectivity index (χ4n) is 3.33. The Balaban J connectivity index is 2.00. The molecule has 0 bridgehead atoms. The van der Waals surface area contributed by atoms with Crippen molar-refractivity contribution >= 4 is 22.7 Å². The van der Waals surface area contributed by atoms with Gasteiger partial charge in [-0.3, -0.25) is 4.79 Å². The Labute approximate surface area is 152 Å². The second-order valence-corrected chi connectivity index (χ2v) is 6.46. The summed E-state index contributed by atoms with van der Waals surface area (Å²) < 4.78 is 14.0. The first-order chi connectivity index (χ1) is 12.5. The minimum Gasteiger partial charge on any atom is -0.357 e. The highest BCUT2D eigenvalue weighted by molar-refractivity contribution is 6.26. The van der Waals surface area contributed by atoms with Gasteiger partial charge in [-0.25, -0.2) is 9.37 Å². The van der Waals surface area contributed by atoms with Gasteiger partial charge in [0.25, 0.3) is 0 Å². The third-order valence-corrected chi connectivity index (χ3v) is 4.72. The molecule has 3 rings (SSSR count). The van der Waals surface area contributed by atoms with Crippen LogP contribution in [0.5, 0.6) is 0 Å². The molecule has 0 saturated carbocycles. The number of hydrogen-bond acceptors (Lipinski definition) is 4. The van der Waals surface area contributed by atoms with E-state index in [1.165, 1.54) is 31.9 Å². The van der Waals surface area contributed by atoms with Gasteiger partial charge < -0.3 is 4.90 Å². The summed E-state index contributed by atoms with van der Waals surface area (Å²) in [7, 11) is 0. The lowest BCUT2D eigenvalue weighted by Gasteiger charge is -2.17. The summed E-state index contributed by atoms with van der Waals surface area (Å²) in [6, 6.07) is 10.0. The van der Waals surface area contributed by atoms with Crippen LogP contribution >= 0.6 is 0 Å². The van der Waals surface area contributed by atoms with Crippen LogP contribution in [0, 0.1) is 17.1 Å². The van der Waals surface area contributed by atoms with Crippen LogP contribution in [0.15, 0.2) is 36.5 Å². The number of nitrogens with zero attached hydrogens (tertiary/aromatic N) is 3. The van der Waals surface area contributed by atoms with Crippen LogP contribution in [0.2, 0.25) is 0 Å². The lowest BCUT2D eigenvalue weighted by atomic mass is 9.93. The zero-order valence-electron chi connectivity index (χ0n) is 14.9. The van der Waals surface area contributed by atoms with E-state index in [4.69, 9.17) is 5.26 Å². The van der Waals surface area contributed by atoms with Gasteiger partial charge in [-0.05, 0) is 62.1 Å². The molecular weight excluding hydrogens is 329 g/mol. The number of aromatic nitrogens is 1. The normalized spacial score (nSPS) is 14.8. The van der Waals surface area contributed by atoms with Gasteiger partial charge in [0.1, 0.15) is 17.7 Å². The Morgan fingerprint density at radius 2 is 1.85 bits per heavy atom. The summed E-state index contributed by atoms with van der Waals surface area (Å²) in [6.45, 7) is 5.29. The molecule has 1 saturated heterocycles. The highest BCUT2D eigenvalue weighted by Gasteiger charge is 2.17. The minimum atomic E-state index is -0.588. The van der Waals surface area contributed by atoms with E-state index >= 15 is 0 Å². The van der Waals surface area contributed by atoms with Crippen molar-refractivity contribution in [2.75, 3.05) is 18.0 Å². The van der Waals surface area contributed by atoms with Gasteiger partial charge in [-0.2, -0.15) is 5.26 Å². The molecule has 5 heteroatoms. The van der Waals surface area contributed by atoms with Crippen molar-refractivity contribution in [3.63, 3.8) is 0 Å². The maximum atomic E-state index is 14.0. The van der Waals surface area contributed by atoms with Crippen molar-refractivity contribution in [1.82, 2.24) is 4.98 Å². The maximum absolute atomic E-state index is 14.0. The Morgan fingerprint density at radius 1 is 1.15 bits per heavy atom. The molecule has 1 aliphatic heterocycles. The molecule has 0 amide bonds. The number of benzene rings is 1. The maximum Gasteiger partial charge on any atom is 0.160 e. The summed E-state index contributed by atoms with van der Waals surface area (Å²) in [5.41, 5.74) is 2.45. The molecule has 26 heavy (non-hydrogen) atoms. The van der Waals surface area contributed by atoms with Gasteiger partial charge in [0, 0.05) is 30.4 Å². The van der Waals surface area contributed by atoms with Crippen LogP contribution in [-0.2, 0) is 4.79 Å². The Kier molecular flexibility index (Phi) is 5.13. The molecule has 1 aromatic heterocycles. The number of carbonyl (C=O) groups is 1. The van der Waals surface area contributed by atoms with E-state index in [-0.39, 0.29) is 11.3 Å². The molecule has 0 spiro atoms. The van der Waals surface area contributed by atoms with Gasteiger partial charge in [0.05, 0.1) is 5.56 Å². The molecule has 0 aliphatic carbocycles. The van der Waals surface area contributed by atoms with E-state index in [2.05, 4.69) is 9.88 Å². The first-order valence-corrected chi connectivity index (χ1v) is 8.64. The molecule has 2 heterocycles. The van der Waals surface area contributed by atoms with Gasteiger partial charge in [-0.15, -0.1) is 0 Å². The molecule has 0 N–H and O–H groups in total. The SMILES string of the molecule is CC(=O)C(=C(C)c1ccc(C#N)c(F)c1)c1ccc(N2CCCC2)nc1. The molecule has 1 aliphatic rings. The fourth-order valence-corrected chi connectivity index (χ4v) is 3.33. The average molecular weight is 349 g/mol. The first kappa shape index (κ1) is 17.8. The average Bonchev–Trinajstić information content (AvgIpc) is 3.16. The molecular formula is C21H20FN3O. The standard InChI is InChI=1S/C21H20FN3O/c1-14(16-5-6-17(12-23)19(22)11-16)21(15(2)26)18-7-8-20(24-13-18)25-9-3-4-10-25/h5-8,11,13H,3-4,9-10H2,1-2H3. The monoisotopic (exact) mass is 349 g/mol. The predicted octanol–water partition coefficient (Wildman–Crippen LogP) is 4.21. The van der Waals surface area contributed by atoms with Crippen LogP contribution in [-0.4, -0.2) is 23.9 Å². The Morgan fingerprint density at radius 3 is 2.38 bits per heavy atom. The quantitative estimate of drug-likeness (QED) is 0.776. The number of rotatable bonds is 4. The summed E-state index contributed by atoms with van der Waals surface area (Å²) in [4.78, 5) is 19.0. The van der Waals surface area contributed by atoms with E-state index in [1.807, 2.05) is 12.1 Å². The van der Waals surface area contributed by atoms with Crippen molar-refractivity contribution in [3.8, 4) is 6.07 Å². The van der Waals surface area contributed by atoms with Crippen LogP contribution in [0.1, 0.15) is 43.4 Å². The molecule has 0 unspecified atom stereocenters. The predicted molar refractivity (Wildman–Crippen MR) is 100.0 cm³/mol. The van der Waals surface area contributed by atoms with Gasteiger partial charge in [-0.1, -0.05) is 6.07 Å². The second-order valence-electron chi connectivity index (χ2n) is 6.46. The largest absolute Gasteiger partial charge is 0.357 e. The zero-order chi connectivity index (χ0) is 18.7. The lowest BCUT2D eigenvalue weighted by Crippen LogP contribution is -2.18. The molecule has 2 aromatic rings. The molecule has 1 fully saturated rings. The minimum absolute atomic E-state index is 0.0115. The van der Waals surface area contributed by atoms with E-state index in [0.29, 0.717) is 22.3 Å². The van der Waals surface area contributed by atoms with Crippen molar-refractivity contribution in [2.45, 2.75) is 26.7 Å². The third kappa shape index (κ3) is 3.50. The number of carbonyl (C=O) groups excluding carboxylic acids is 1. The highest BCUT2D eigenvalue weighted by Crippen LogP contribution is 2.29. The van der Waals surface area contributed by atoms with Crippen molar-refractivity contribution in [1.29, 1.82) is 5.26 Å². The summed E-state index contributed by atoms with van der Waals surface area (Å²) in [5.74, 6) is 0.217. The third-order valence-electron chi connectivity index (χ3n) is 4.72. The Bertz CT molecular complexity index is 904. The molecule has 0 atom stereocenters. The number of hydrogen-bond donors (Lipinski definition) is 0. The van der Waals surface area contributed by atoms with E-state index in [9.17, 15) is 9.18 Å². The van der Waals surface area contributed by atoms with E-state index in [1.54, 1.807) is 25.3 Å². The van der Waals surface area contributed by atoms with E-state index in [0.717, 1.165) is 18.9 Å². The number of ketones is 1. The van der Waals surface area contributed by atoms with Crippen molar-refractivity contribution in [3.05, 3.63) is 59.0 Å². The highest BCUT2D eigenvalue weighted by atomic mass is 19.1. The van der Waals surface area contributed by atoms with Gasteiger partial charge in [0.2, 0.25) is 0 Å². The van der Waals surface area contributed by atoms with Crippen LogP contribution in [0.3, 0.4) is 0 Å². The smallest absolute Gasteiger partial charge is 0.160 e. The number of Topliss-reactive ketones (excluding diaryl/α,β-unsaturated/α-hetero) is 1. The van der Waals surface area contributed by atoms with Crippen LogP contribution < -0.4 is 4.90 Å². The summed E-state index contributed by atoms with van der Waals surface area (Å²) in [5, 5.41) is 8.87. The van der Waals surface area contributed by atoms with Crippen LogP contribution in [0.25, 0.3) is 11.1 Å². The second kappa shape index (κ2) is 7.49. The summed E-state index contributed by atoms with van der Waals surface area (Å²) in [6.07, 6.45) is 4.05. The lowest BCUT2D eigenvalue weighted by molar-refractivity contribution is -0.111. The Hall–Kier alpha value is -3.00. The summed E-state index contributed by atoms with van der Waals surface area (Å²) >= 11 is 0. The molecule has 132 valence electrons. The zero-order valence-corrected chi connectivity index (χ0v) is 14.9. The first-order valence-electron chi connectivity index (χ1n) is 8.64. The number of nitriles is 1. The number of anilines is 1. The van der Waals surface area contributed by atoms with Gasteiger partial charge in [0.15, 0.2) is 5.78 Å². The number of halogens is 1. The molecule has 0 radical (unpaired) electrons. The van der Waals surface area contributed by atoms with Crippen molar-refractivity contribution < 1.29 is 9.18 Å².